The fourth-order valence-electron chi connectivity index (χ4n) is 3.81. The van der Waals surface area contributed by atoms with E-state index < -0.39 is 38.2 Å². The number of nitrogens with two attached hydrogens (primary N) is 1. The van der Waals surface area contributed by atoms with Crippen LogP contribution in [0.3, 0.4) is 0 Å². The van der Waals surface area contributed by atoms with Gasteiger partial charge in [-0.2, -0.15) is 0 Å². The zero-order valence-corrected chi connectivity index (χ0v) is 19.0. The molecule has 6 nitrogen and oxygen atoms in total. The lowest BCUT2D eigenvalue weighted by molar-refractivity contribution is 0.0497. The second-order valence-corrected chi connectivity index (χ2v) is 11.2. The highest BCUT2D eigenvalue weighted by Gasteiger charge is 2.71. The summed E-state index contributed by atoms with van der Waals surface area (Å²) >= 11 is 5.92. The first-order valence-corrected chi connectivity index (χ1v) is 11.6. The minimum absolute atomic E-state index is 0.0533. The lowest BCUT2D eigenvalue weighted by Crippen LogP contribution is -2.49. The number of sulfone groups is 1. The standard InChI is InChI=1S/C22H27ClN2O4S/c1-14-5-7-15(8-6-14)18-19(30(27,28)17-11-9-16(23)10-12-17)22(18,13-24)25-20(26)29-21(2,3)4/h5-12,18-19H,13,24H2,1-4H3,(H,25,26)/t18-,19+,22-/m0/s1. The Morgan fingerprint density at radius 1 is 1.13 bits per heavy atom. The highest BCUT2D eigenvalue weighted by molar-refractivity contribution is 7.92. The molecule has 1 aliphatic rings. The van der Waals surface area contributed by atoms with Crippen LogP contribution in [-0.2, 0) is 14.6 Å². The summed E-state index contributed by atoms with van der Waals surface area (Å²) < 4.78 is 32.4. The third-order valence-corrected chi connectivity index (χ3v) is 7.78. The molecule has 1 amide bonds. The monoisotopic (exact) mass is 450 g/mol. The van der Waals surface area contributed by atoms with Crippen LogP contribution in [0, 0.1) is 6.92 Å². The number of rotatable bonds is 5. The zero-order valence-electron chi connectivity index (χ0n) is 17.5. The van der Waals surface area contributed by atoms with Gasteiger partial charge in [-0.3, -0.25) is 0 Å². The molecule has 0 bridgehead atoms. The van der Waals surface area contributed by atoms with Crippen LogP contribution < -0.4 is 11.1 Å². The van der Waals surface area contributed by atoms with Gasteiger partial charge in [-0.05, 0) is 57.5 Å². The molecule has 3 rings (SSSR count). The van der Waals surface area contributed by atoms with Crippen molar-refractivity contribution >= 4 is 27.5 Å². The summed E-state index contributed by atoms with van der Waals surface area (Å²) in [6.07, 6.45) is -0.695. The van der Waals surface area contributed by atoms with Gasteiger partial charge in [0.15, 0.2) is 9.84 Å². The van der Waals surface area contributed by atoms with E-state index in [1.54, 1.807) is 20.8 Å². The minimum Gasteiger partial charge on any atom is -0.444 e. The Kier molecular flexibility index (Phi) is 5.93. The van der Waals surface area contributed by atoms with Crippen LogP contribution >= 0.6 is 11.6 Å². The van der Waals surface area contributed by atoms with Crippen molar-refractivity contribution in [2.75, 3.05) is 6.54 Å². The van der Waals surface area contributed by atoms with Gasteiger partial charge in [-0.1, -0.05) is 41.4 Å². The van der Waals surface area contributed by atoms with Crippen molar-refractivity contribution in [3.05, 3.63) is 64.7 Å². The number of halogens is 1. The van der Waals surface area contributed by atoms with Crippen molar-refractivity contribution < 1.29 is 17.9 Å². The van der Waals surface area contributed by atoms with Crippen LogP contribution in [0.5, 0.6) is 0 Å². The molecule has 0 radical (unpaired) electrons. The zero-order chi connectivity index (χ0) is 22.3. The van der Waals surface area contributed by atoms with E-state index in [2.05, 4.69) is 5.32 Å². The third kappa shape index (κ3) is 4.33. The highest BCUT2D eigenvalue weighted by Crippen LogP contribution is 2.57. The predicted molar refractivity (Wildman–Crippen MR) is 118 cm³/mol. The summed E-state index contributed by atoms with van der Waals surface area (Å²) in [5.41, 5.74) is 6.02. The molecule has 162 valence electrons. The lowest BCUT2D eigenvalue weighted by atomic mass is 10.0. The Labute approximate surface area is 182 Å². The number of hydrogen-bond acceptors (Lipinski definition) is 5. The summed E-state index contributed by atoms with van der Waals surface area (Å²) in [5, 5.41) is 2.30. The van der Waals surface area contributed by atoms with Crippen LogP contribution in [0.2, 0.25) is 5.02 Å². The average Bonchev–Trinajstić information content (AvgIpc) is 3.30. The normalized spacial score (nSPS) is 23.7. The van der Waals surface area contributed by atoms with Gasteiger partial charge in [0.05, 0.1) is 10.4 Å². The van der Waals surface area contributed by atoms with Gasteiger partial charge in [0.1, 0.15) is 10.9 Å². The molecule has 1 saturated carbocycles. The van der Waals surface area contributed by atoms with Gasteiger partial charge in [-0.15, -0.1) is 0 Å². The first kappa shape index (κ1) is 22.6. The molecule has 0 heterocycles. The number of amides is 1. The molecule has 0 aromatic heterocycles. The number of carbonyl (C=O) groups excluding carboxylic acids is 1. The smallest absolute Gasteiger partial charge is 0.408 e. The average molecular weight is 451 g/mol. The molecule has 0 unspecified atom stereocenters. The van der Waals surface area contributed by atoms with Crippen molar-refractivity contribution in [3.8, 4) is 0 Å². The number of hydrogen-bond donors (Lipinski definition) is 2. The molecule has 0 saturated heterocycles. The number of nitrogens with one attached hydrogen (secondary N) is 1. The second kappa shape index (κ2) is 7.87. The molecule has 3 N–H and O–H groups in total. The van der Waals surface area contributed by atoms with Gasteiger partial charge in [0, 0.05) is 17.5 Å². The van der Waals surface area contributed by atoms with Gasteiger partial charge in [-0.25, -0.2) is 13.2 Å². The number of ether oxygens (including phenoxy) is 1. The highest BCUT2D eigenvalue weighted by atomic mass is 35.5. The fourth-order valence-corrected chi connectivity index (χ4v) is 6.28. The number of alkyl carbamates (subject to hydrolysis) is 1. The largest absolute Gasteiger partial charge is 0.444 e. The molecule has 0 aliphatic heterocycles. The number of carbonyl (C=O) groups is 1. The molecule has 0 spiro atoms. The van der Waals surface area contributed by atoms with E-state index in [0.717, 1.165) is 11.1 Å². The topological polar surface area (TPSA) is 98.5 Å². The molecule has 8 heteroatoms. The van der Waals surface area contributed by atoms with E-state index in [9.17, 15) is 13.2 Å². The van der Waals surface area contributed by atoms with Crippen molar-refractivity contribution in [1.82, 2.24) is 5.32 Å². The van der Waals surface area contributed by atoms with Crippen LogP contribution in [0.25, 0.3) is 0 Å². The molecular weight excluding hydrogens is 424 g/mol. The van der Waals surface area contributed by atoms with E-state index in [1.807, 2.05) is 31.2 Å². The molecule has 1 aliphatic carbocycles. The predicted octanol–water partition coefficient (Wildman–Crippen LogP) is 3.81. The summed E-state index contributed by atoms with van der Waals surface area (Å²) in [7, 11) is -3.81. The molecule has 2 aromatic rings. The van der Waals surface area contributed by atoms with Crippen molar-refractivity contribution in [3.63, 3.8) is 0 Å². The first-order chi connectivity index (χ1) is 13.9. The summed E-state index contributed by atoms with van der Waals surface area (Å²) in [4.78, 5) is 12.7. The Morgan fingerprint density at radius 2 is 1.70 bits per heavy atom. The van der Waals surface area contributed by atoms with Crippen molar-refractivity contribution in [1.29, 1.82) is 0 Å². The Hall–Kier alpha value is -2.09. The Morgan fingerprint density at radius 3 is 2.20 bits per heavy atom. The van der Waals surface area contributed by atoms with E-state index >= 15 is 0 Å². The van der Waals surface area contributed by atoms with Gasteiger partial charge in [0.25, 0.3) is 0 Å². The number of aryl methyl sites for hydroxylation is 1. The molecule has 2 aromatic carbocycles. The maximum absolute atomic E-state index is 13.5. The quantitative estimate of drug-likeness (QED) is 0.721. The molecule has 30 heavy (non-hydrogen) atoms. The molecular formula is C22H27ClN2O4S. The molecule has 3 atom stereocenters. The van der Waals surface area contributed by atoms with E-state index in [1.165, 1.54) is 24.3 Å². The van der Waals surface area contributed by atoms with Crippen LogP contribution in [0.4, 0.5) is 4.79 Å². The van der Waals surface area contributed by atoms with Crippen LogP contribution in [-0.4, -0.2) is 37.4 Å². The first-order valence-electron chi connectivity index (χ1n) is 9.68. The SMILES string of the molecule is Cc1ccc([C@H]2[C@@H](S(=O)(=O)c3ccc(Cl)cc3)[C@@]2(CN)NC(=O)OC(C)(C)C)cc1. The maximum atomic E-state index is 13.5. The second-order valence-electron chi connectivity index (χ2n) is 8.68. The summed E-state index contributed by atoms with van der Waals surface area (Å²) in [6, 6.07) is 13.6. The van der Waals surface area contributed by atoms with Crippen LogP contribution in [0.1, 0.15) is 37.8 Å². The van der Waals surface area contributed by atoms with Gasteiger partial charge in [0.2, 0.25) is 0 Å². The summed E-state index contributed by atoms with van der Waals surface area (Å²) in [5.74, 6) is -0.503. The third-order valence-electron chi connectivity index (χ3n) is 5.24. The van der Waals surface area contributed by atoms with Crippen LogP contribution in [0.15, 0.2) is 53.4 Å². The summed E-state index contributed by atoms with van der Waals surface area (Å²) in [6.45, 7) is 7.13. The fraction of sp³-hybridized carbons (Fsp3) is 0.409. The van der Waals surface area contributed by atoms with E-state index in [0.29, 0.717) is 5.02 Å². The van der Waals surface area contributed by atoms with Gasteiger partial charge < -0.3 is 15.8 Å². The lowest BCUT2D eigenvalue weighted by Gasteiger charge is -2.24. The molecule has 1 fully saturated rings. The maximum Gasteiger partial charge on any atom is 0.408 e. The Balaban J connectivity index is 2.03. The van der Waals surface area contributed by atoms with E-state index in [-0.39, 0.29) is 11.4 Å². The van der Waals surface area contributed by atoms with E-state index in [4.69, 9.17) is 22.1 Å². The van der Waals surface area contributed by atoms with Gasteiger partial charge >= 0.3 is 6.09 Å². The van der Waals surface area contributed by atoms with Crippen molar-refractivity contribution in [2.24, 2.45) is 5.73 Å². The number of benzene rings is 2. The van der Waals surface area contributed by atoms with Crippen molar-refractivity contribution in [2.45, 2.75) is 54.9 Å². The minimum atomic E-state index is -3.81. The Bertz CT molecular complexity index is 1030.